The normalized spacial score (nSPS) is 18.4. The number of hydrogen-bond donors (Lipinski definition) is 1. The van der Waals surface area contributed by atoms with Gasteiger partial charge in [-0.3, -0.25) is 14.5 Å². The van der Waals surface area contributed by atoms with Crippen LogP contribution >= 0.6 is 0 Å². The average molecular weight is 601 g/mol. The van der Waals surface area contributed by atoms with Gasteiger partial charge in [0.25, 0.3) is 11.7 Å². The lowest BCUT2D eigenvalue weighted by molar-refractivity contribution is -0.140. The Morgan fingerprint density at radius 1 is 0.932 bits per heavy atom. The maximum Gasteiger partial charge on any atom is 0.295 e. The molecule has 2 heterocycles. The smallest absolute Gasteiger partial charge is 0.295 e. The first-order chi connectivity index (χ1) is 21.4. The van der Waals surface area contributed by atoms with E-state index in [2.05, 4.69) is 4.90 Å². The number of benzene rings is 3. The van der Waals surface area contributed by atoms with E-state index in [0.717, 1.165) is 30.6 Å². The molecule has 9 heteroatoms. The number of hydrogen-bond acceptors (Lipinski definition) is 8. The van der Waals surface area contributed by atoms with E-state index in [9.17, 15) is 14.7 Å². The van der Waals surface area contributed by atoms with Crippen LogP contribution in [0.5, 0.6) is 17.2 Å². The Labute approximate surface area is 258 Å². The predicted molar refractivity (Wildman–Crippen MR) is 167 cm³/mol. The van der Waals surface area contributed by atoms with Crippen LogP contribution < -0.4 is 14.2 Å². The molecule has 0 spiro atoms. The Kier molecular flexibility index (Phi) is 10.2. The van der Waals surface area contributed by atoms with Gasteiger partial charge in [-0.25, -0.2) is 0 Å². The first-order valence-electron chi connectivity index (χ1n) is 15.1. The second-order valence-corrected chi connectivity index (χ2v) is 11.0. The number of Topliss-reactive ketones (excluding diaryl/α,β-unsaturated/α-hetero) is 1. The minimum absolute atomic E-state index is 0.0404. The number of ether oxygens (including phenoxy) is 4. The van der Waals surface area contributed by atoms with Crippen LogP contribution in [-0.2, 0) is 20.9 Å². The summed E-state index contributed by atoms with van der Waals surface area (Å²) in [5.41, 5.74) is 2.95. The standard InChI is InChI=1S/C35H40N2O7/c1-4-18-43-28-12-11-27(21-24(28)2)33(38)31-32(37(35(40)34(31)39)15-14-36-16-19-42-20-17-36)26-10-13-29(30(22-26)41-3)44-23-25-8-6-5-7-9-25/h5-13,21-22,32,38H,4,14-20,23H2,1-3H3. The monoisotopic (exact) mass is 600 g/mol. The van der Waals surface area contributed by atoms with E-state index in [1.165, 1.54) is 0 Å². The number of carbonyl (C=O) groups excluding carboxylic acids is 2. The Balaban J connectivity index is 1.51. The summed E-state index contributed by atoms with van der Waals surface area (Å²) in [7, 11) is 1.55. The molecule has 0 aromatic heterocycles. The van der Waals surface area contributed by atoms with E-state index >= 15 is 0 Å². The molecule has 0 bridgehead atoms. The molecule has 0 radical (unpaired) electrons. The lowest BCUT2D eigenvalue weighted by Gasteiger charge is -2.31. The molecule has 0 aliphatic carbocycles. The topological polar surface area (TPSA) is 97.8 Å². The highest BCUT2D eigenvalue weighted by Crippen LogP contribution is 2.42. The van der Waals surface area contributed by atoms with Crippen molar-refractivity contribution in [2.24, 2.45) is 0 Å². The molecule has 1 unspecified atom stereocenters. The first kappa shape index (κ1) is 31.1. The molecule has 44 heavy (non-hydrogen) atoms. The zero-order valence-electron chi connectivity index (χ0n) is 25.6. The molecule has 3 aromatic rings. The minimum atomic E-state index is -0.815. The molecule has 2 aliphatic heterocycles. The fraction of sp³-hybridized carbons (Fsp3) is 0.371. The van der Waals surface area contributed by atoms with Crippen molar-refractivity contribution in [1.29, 1.82) is 0 Å². The summed E-state index contributed by atoms with van der Waals surface area (Å²) in [6.45, 7) is 8.49. The number of amides is 1. The fourth-order valence-electron chi connectivity index (χ4n) is 5.57. The third-order valence-electron chi connectivity index (χ3n) is 7.95. The highest BCUT2D eigenvalue weighted by atomic mass is 16.5. The summed E-state index contributed by atoms with van der Waals surface area (Å²) >= 11 is 0. The van der Waals surface area contributed by atoms with Gasteiger partial charge in [0.05, 0.1) is 38.5 Å². The van der Waals surface area contributed by atoms with Crippen LogP contribution in [0.25, 0.3) is 5.76 Å². The Morgan fingerprint density at radius 2 is 1.68 bits per heavy atom. The van der Waals surface area contributed by atoms with E-state index < -0.39 is 17.7 Å². The summed E-state index contributed by atoms with van der Waals surface area (Å²) in [6.07, 6.45) is 0.870. The molecule has 3 aromatic carbocycles. The number of rotatable bonds is 12. The van der Waals surface area contributed by atoms with E-state index in [0.29, 0.717) is 67.9 Å². The molecule has 232 valence electrons. The van der Waals surface area contributed by atoms with Crippen molar-refractivity contribution >= 4 is 17.4 Å². The van der Waals surface area contributed by atoms with E-state index in [4.69, 9.17) is 18.9 Å². The largest absolute Gasteiger partial charge is 0.507 e. The van der Waals surface area contributed by atoms with Gasteiger partial charge in [0.15, 0.2) is 11.5 Å². The third kappa shape index (κ3) is 6.90. The second kappa shape index (κ2) is 14.4. The number of ketones is 1. The highest BCUT2D eigenvalue weighted by molar-refractivity contribution is 6.46. The fourth-order valence-corrected chi connectivity index (χ4v) is 5.57. The number of aliphatic hydroxyl groups is 1. The van der Waals surface area contributed by atoms with Gasteiger partial charge < -0.3 is 29.0 Å². The summed E-state index contributed by atoms with van der Waals surface area (Å²) in [6, 6.07) is 19.6. The maximum absolute atomic E-state index is 13.6. The predicted octanol–water partition coefficient (Wildman–Crippen LogP) is 5.13. The zero-order valence-corrected chi connectivity index (χ0v) is 25.6. The highest BCUT2D eigenvalue weighted by Gasteiger charge is 2.46. The number of likely N-dealkylation sites (tertiary alicyclic amines) is 1. The molecule has 2 aliphatic rings. The third-order valence-corrected chi connectivity index (χ3v) is 7.95. The van der Waals surface area contributed by atoms with Crippen LogP contribution in [0, 0.1) is 6.92 Å². The maximum atomic E-state index is 13.6. The Morgan fingerprint density at radius 3 is 2.39 bits per heavy atom. The van der Waals surface area contributed by atoms with Crippen LogP contribution in [0.3, 0.4) is 0 Å². The van der Waals surface area contributed by atoms with E-state index in [1.807, 2.05) is 50.2 Å². The second-order valence-electron chi connectivity index (χ2n) is 11.0. The van der Waals surface area contributed by atoms with Crippen molar-refractivity contribution in [3.05, 3.63) is 94.6 Å². The number of morpholine rings is 1. The van der Waals surface area contributed by atoms with Crippen LogP contribution in [0.15, 0.2) is 72.3 Å². The molecular formula is C35H40N2O7. The van der Waals surface area contributed by atoms with Crippen LogP contribution in [-0.4, -0.2) is 79.7 Å². The van der Waals surface area contributed by atoms with Crippen LogP contribution in [0.1, 0.15) is 41.6 Å². The van der Waals surface area contributed by atoms with Crippen molar-refractivity contribution in [2.75, 3.05) is 53.1 Å². The summed E-state index contributed by atoms with van der Waals surface area (Å²) in [4.78, 5) is 30.9. The number of nitrogens with zero attached hydrogens (tertiary/aromatic N) is 2. The lowest BCUT2D eigenvalue weighted by Crippen LogP contribution is -2.42. The van der Waals surface area contributed by atoms with Gasteiger partial charge in [-0.15, -0.1) is 0 Å². The molecule has 2 saturated heterocycles. The van der Waals surface area contributed by atoms with Gasteiger partial charge in [0.1, 0.15) is 18.1 Å². The molecule has 1 amide bonds. The van der Waals surface area contributed by atoms with Crippen molar-refractivity contribution in [3.63, 3.8) is 0 Å². The average Bonchev–Trinajstić information content (AvgIpc) is 3.31. The molecule has 2 fully saturated rings. The van der Waals surface area contributed by atoms with E-state index in [1.54, 1.807) is 42.3 Å². The van der Waals surface area contributed by atoms with Crippen molar-refractivity contribution in [3.8, 4) is 17.2 Å². The minimum Gasteiger partial charge on any atom is -0.507 e. The SMILES string of the molecule is CCCOc1ccc(C(O)=C2C(=O)C(=O)N(CCN3CCOCC3)C2c2ccc(OCc3ccccc3)c(OC)c2)cc1C. The van der Waals surface area contributed by atoms with Gasteiger partial charge in [-0.05, 0) is 60.4 Å². The molecule has 5 rings (SSSR count). The van der Waals surface area contributed by atoms with Gasteiger partial charge >= 0.3 is 0 Å². The van der Waals surface area contributed by atoms with E-state index in [-0.39, 0.29) is 11.3 Å². The van der Waals surface area contributed by atoms with Crippen LogP contribution in [0.2, 0.25) is 0 Å². The van der Waals surface area contributed by atoms with Crippen molar-refractivity contribution in [2.45, 2.75) is 32.9 Å². The van der Waals surface area contributed by atoms with Gasteiger partial charge in [0, 0.05) is 31.7 Å². The Hall–Kier alpha value is -4.34. The lowest BCUT2D eigenvalue weighted by atomic mass is 9.94. The Bertz CT molecular complexity index is 1500. The quantitative estimate of drug-likeness (QED) is 0.174. The molecular weight excluding hydrogens is 560 g/mol. The van der Waals surface area contributed by atoms with Crippen LogP contribution in [0.4, 0.5) is 0 Å². The number of aliphatic hydroxyl groups excluding tert-OH is 1. The summed E-state index contributed by atoms with van der Waals surface area (Å²) in [5, 5.41) is 11.6. The molecule has 1 N–H and O–H groups in total. The van der Waals surface area contributed by atoms with Gasteiger partial charge in [-0.2, -0.15) is 0 Å². The number of carbonyl (C=O) groups is 2. The first-order valence-corrected chi connectivity index (χ1v) is 15.1. The van der Waals surface area contributed by atoms with Crippen molar-refractivity contribution in [1.82, 2.24) is 9.80 Å². The summed E-state index contributed by atoms with van der Waals surface area (Å²) in [5.74, 6) is 0.112. The number of methoxy groups -OCH3 is 1. The molecule has 1 atom stereocenters. The van der Waals surface area contributed by atoms with Crippen molar-refractivity contribution < 1.29 is 33.6 Å². The number of aryl methyl sites for hydroxylation is 1. The summed E-state index contributed by atoms with van der Waals surface area (Å²) < 4.78 is 23.0. The molecule has 0 saturated carbocycles. The zero-order chi connectivity index (χ0) is 31.1. The molecule has 9 nitrogen and oxygen atoms in total. The van der Waals surface area contributed by atoms with Gasteiger partial charge in [0.2, 0.25) is 0 Å². The van der Waals surface area contributed by atoms with Gasteiger partial charge in [-0.1, -0.05) is 43.3 Å².